The summed E-state index contributed by atoms with van der Waals surface area (Å²) in [6.07, 6.45) is 7.42. The highest BCUT2D eigenvalue weighted by Gasteiger charge is 1.93. The first kappa shape index (κ1) is 9.61. The third-order valence-electron chi connectivity index (χ3n) is 0.994. The molecule has 2 unspecified atom stereocenters. The topological polar surface area (TPSA) is 20.2 Å². The lowest BCUT2D eigenvalue weighted by Gasteiger charge is -1.99. The van der Waals surface area contributed by atoms with Gasteiger partial charge in [-0.1, -0.05) is 30.9 Å². The smallest absolute Gasteiger partial charge is 0.0915 e. The maximum atomic E-state index is 8.91. The molecule has 0 radical (unpaired) electrons. The second-order valence-corrected chi connectivity index (χ2v) is 2.54. The molecule has 0 bridgehead atoms. The fraction of sp³-hybridized carbons (Fsp3) is 0.250. The molecule has 0 aliphatic rings. The molecule has 56 valence electrons. The fourth-order valence-corrected chi connectivity index (χ4v) is 0.500. The number of allylic oxidation sites excluding steroid dienone is 3. The van der Waals surface area contributed by atoms with E-state index < -0.39 is 5.85 Å². The Balaban J connectivity index is 3.78. The number of hydrogen-bond donors (Lipinski definition) is 1. The molecule has 10 heavy (non-hydrogen) atoms. The summed E-state index contributed by atoms with van der Waals surface area (Å²) in [5.74, 6) is -0.526. The maximum absolute atomic E-state index is 8.91. The van der Waals surface area contributed by atoms with Crippen molar-refractivity contribution in [1.82, 2.24) is 0 Å². The maximum Gasteiger partial charge on any atom is 0.0915 e. The van der Waals surface area contributed by atoms with Gasteiger partial charge in [0.2, 0.25) is 0 Å². The lowest BCUT2D eigenvalue weighted by atomic mass is 10.3. The lowest BCUT2D eigenvalue weighted by molar-refractivity contribution is 0.301. The standard InChI is InChI=1S/C8H13OP/c1-3-4-5-6-7(2)8(9)10/h3-6,8-9H,2,10H2,1H3/b4-3-,6-5-. The summed E-state index contributed by atoms with van der Waals surface area (Å²) in [6, 6.07) is 0. The van der Waals surface area contributed by atoms with E-state index in [4.69, 9.17) is 5.11 Å². The van der Waals surface area contributed by atoms with E-state index in [9.17, 15) is 0 Å². The van der Waals surface area contributed by atoms with Crippen LogP contribution < -0.4 is 0 Å². The summed E-state index contributed by atoms with van der Waals surface area (Å²) in [6.45, 7) is 5.57. The minimum Gasteiger partial charge on any atom is -0.384 e. The van der Waals surface area contributed by atoms with E-state index in [0.717, 1.165) is 0 Å². The Morgan fingerprint density at radius 1 is 1.60 bits per heavy atom. The highest BCUT2D eigenvalue weighted by Crippen LogP contribution is 2.07. The average Bonchev–Trinajstić information content (AvgIpc) is 1.88. The van der Waals surface area contributed by atoms with E-state index in [-0.39, 0.29) is 0 Å². The van der Waals surface area contributed by atoms with Gasteiger partial charge in [0.25, 0.3) is 0 Å². The first-order chi connectivity index (χ1) is 4.68. The molecule has 0 heterocycles. The minimum absolute atomic E-state index is 0.526. The van der Waals surface area contributed by atoms with Crippen molar-refractivity contribution in [1.29, 1.82) is 0 Å². The van der Waals surface area contributed by atoms with Crippen molar-refractivity contribution >= 4 is 9.24 Å². The van der Waals surface area contributed by atoms with Gasteiger partial charge in [-0.2, -0.15) is 0 Å². The Morgan fingerprint density at radius 3 is 2.60 bits per heavy atom. The van der Waals surface area contributed by atoms with Gasteiger partial charge in [-0.15, -0.1) is 9.24 Å². The van der Waals surface area contributed by atoms with Gasteiger partial charge in [-0.25, -0.2) is 0 Å². The molecule has 0 aromatic carbocycles. The third kappa shape index (κ3) is 4.49. The van der Waals surface area contributed by atoms with Crippen LogP contribution in [0.2, 0.25) is 0 Å². The number of aliphatic hydroxyl groups is 1. The van der Waals surface area contributed by atoms with Gasteiger partial charge in [0.05, 0.1) is 5.85 Å². The Hall–Kier alpha value is -0.390. The predicted octanol–water partition coefficient (Wildman–Crippen LogP) is 1.87. The molecular formula is C8H13OP. The van der Waals surface area contributed by atoms with Gasteiger partial charge in [0.1, 0.15) is 0 Å². The average molecular weight is 156 g/mol. The van der Waals surface area contributed by atoms with Crippen molar-refractivity contribution in [2.75, 3.05) is 0 Å². The van der Waals surface area contributed by atoms with Crippen molar-refractivity contribution in [3.63, 3.8) is 0 Å². The van der Waals surface area contributed by atoms with Crippen molar-refractivity contribution in [2.45, 2.75) is 12.8 Å². The molecule has 0 aliphatic heterocycles. The molecule has 2 heteroatoms. The van der Waals surface area contributed by atoms with Crippen LogP contribution >= 0.6 is 9.24 Å². The zero-order valence-corrected chi connectivity index (χ0v) is 7.27. The van der Waals surface area contributed by atoms with Gasteiger partial charge in [-0.05, 0) is 12.5 Å². The van der Waals surface area contributed by atoms with E-state index in [1.54, 1.807) is 6.08 Å². The zero-order chi connectivity index (χ0) is 7.98. The highest BCUT2D eigenvalue weighted by atomic mass is 31.0. The molecule has 2 atom stereocenters. The first-order valence-corrected chi connectivity index (χ1v) is 3.77. The summed E-state index contributed by atoms with van der Waals surface area (Å²) >= 11 is 0. The van der Waals surface area contributed by atoms with Gasteiger partial charge in [-0.3, -0.25) is 0 Å². The summed E-state index contributed by atoms with van der Waals surface area (Å²) in [4.78, 5) is 0. The summed E-state index contributed by atoms with van der Waals surface area (Å²) in [7, 11) is 2.26. The monoisotopic (exact) mass is 156 g/mol. The van der Waals surface area contributed by atoms with E-state index in [0.29, 0.717) is 5.57 Å². The van der Waals surface area contributed by atoms with E-state index in [2.05, 4.69) is 15.8 Å². The predicted molar refractivity (Wildman–Crippen MR) is 48.8 cm³/mol. The second-order valence-electron chi connectivity index (χ2n) is 1.90. The lowest BCUT2D eigenvalue weighted by Crippen LogP contribution is -1.94. The van der Waals surface area contributed by atoms with Gasteiger partial charge < -0.3 is 5.11 Å². The molecule has 0 rings (SSSR count). The highest BCUT2D eigenvalue weighted by molar-refractivity contribution is 7.17. The van der Waals surface area contributed by atoms with Crippen molar-refractivity contribution < 1.29 is 5.11 Å². The van der Waals surface area contributed by atoms with E-state index >= 15 is 0 Å². The van der Waals surface area contributed by atoms with E-state index in [1.165, 1.54) is 0 Å². The summed E-state index contributed by atoms with van der Waals surface area (Å²) in [5, 5.41) is 8.91. The molecule has 0 spiro atoms. The van der Waals surface area contributed by atoms with Gasteiger partial charge in [0, 0.05) is 0 Å². The molecule has 0 aromatic heterocycles. The molecule has 0 fully saturated rings. The molecule has 0 aromatic rings. The SMILES string of the molecule is C=C(/C=C\C=C/C)C(O)P. The van der Waals surface area contributed by atoms with Crippen LogP contribution in [-0.2, 0) is 0 Å². The van der Waals surface area contributed by atoms with Crippen molar-refractivity contribution in [3.05, 3.63) is 36.5 Å². The normalized spacial score (nSPS) is 14.7. The van der Waals surface area contributed by atoms with Crippen LogP contribution in [0.15, 0.2) is 36.5 Å². The van der Waals surface area contributed by atoms with Crippen LogP contribution in [0, 0.1) is 0 Å². The Morgan fingerprint density at radius 2 is 2.20 bits per heavy atom. The van der Waals surface area contributed by atoms with Crippen LogP contribution in [-0.4, -0.2) is 11.0 Å². The molecular weight excluding hydrogens is 143 g/mol. The zero-order valence-electron chi connectivity index (χ0n) is 6.12. The second kappa shape index (κ2) is 5.40. The van der Waals surface area contributed by atoms with Crippen molar-refractivity contribution in [3.8, 4) is 0 Å². The first-order valence-electron chi connectivity index (χ1n) is 3.10. The van der Waals surface area contributed by atoms with Gasteiger partial charge >= 0.3 is 0 Å². The van der Waals surface area contributed by atoms with Crippen LogP contribution in [0.5, 0.6) is 0 Å². The number of hydrogen-bond acceptors (Lipinski definition) is 1. The summed E-state index contributed by atoms with van der Waals surface area (Å²) < 4.78 is 0. The van der Waals surface area contributed by atoms with Crippen LogP contribution in [0.3, 0.4) is 0 Å². The van der Waals surface area contributed by atoms with Gasteiger partial charge in [0.15, 0.2) is 0 Å². The number of aliphatic hydroxyl groups excluding tert-OH is 1. The molecule has 1 nitrogen and oxygen atoms in total. The van der Waals surface area contributed by atoms with Crippen LogP contribution in [0.4, 0.5) is 0 Å². The van der Waals surface area contributed by atoms with Crippen LogP contribution in [0.1, 0.15) is 6.92 Å². The molecule has 0 saturated carbocycles. The quantitative estimate of drug-likeness (QED) is 0.488. The number of rotatable bonds is 3. The Bertz CT molecular complexity index is 157. The van der Waals surface area contributed by atoms with Crippen LogP contribution in [0.25, 0.3) is 0 Å². The minimum atomic E-state index is -0.526. The summed E-state index contributed by atoms with van der Waals surface area (Å²) in [5.41, 5.74) is 0.697. The third-order valence-corrected chi connectivity index (χ3v) is 1.42. The Labute approximate surface area is 64.3 Å². The van der Waals surface area contributed by atoms with Crippen molar-refractivity contribution in [2.24, 2.45) is 0 Å². The fourth-order valence-electron chi connectivity index (χ4n) is 0.389. The molecule has 0 saturated heterocycles. The molecule has 1 N–H and O–H groups in total. The van der Waals surface area contributed by atoms with E-state index in [1.807, 2.05) is 25.2 Å². The largest absolute Gasteiger partial charge is 0.384 e. The molecule has 0 aliphatic carbocycles. The Kier molecular flexibility index (Phi) is 5.19. The molecule has 0 amide bonds.